The molecule has 0 saturated heterocycles. The molecule has 0 unspecified atom stereocenters. The van der Waals surface area contributed by atoms with Crippen LogP contribution in [0.25, 0.3) is 11.0 Å². The van der Waals surface area contributed by atoms with Gasteiger partial charge in [-0.25, -0.2) is 4.79 Å². The average Bonchev–Trinajstić information content (AvgIpc) is 2.86. The summed E-state index contributed by atoms with van der Waals surface area (Å²) < 4.78 is 5.29. The van der Waals surface area contributed by atoms with Crippen molar-refractivity contribution in [2.45, 2.75) is 32.2 Å². The second-order valence-electron chi connectivity index (χ2n) is 8.51. The Hall–Kier alpha value is -4.38. The Balaban J connectivity index is 1.69. The van der Waals surface area contributed by atoms with Gasteiger partial charge in [0, 0.05) is 34.9 Å². The van der Waals surface area contributed by atoms with Gasteiger partial charge in [-0.1, -0.05) is 23.7 Å². The van der Waals surface area contributed by atoms with Crippen molar-refractivity contribution < 1.29 is 33.8 Å². The molecule has 3 aromatic rings. The van der Waals surface area contributed by atoms with E-state index in [-0.39, 0.29) is 30.6 Å². The maximum atomic E-state index is 12.8. The Labute approximate surface area is 221 Å². The van der Waals surface area contributed by atoms with E-state index >= 15 is 0 Å². The highest BCUT2D eigenvalue weighted by Crippen LogP contribution is 2.23. The SMILES string of the molecule is Cc1c(CCC(=O)N[C@H](Cc2ccc(Cl)cc2)C(=O)NCC(=O)NCC(=O)O)c(=O)oc2cc(O)ccc12. The van der Waals surface area contributed by atoms with Gasteiger partial charge in [-0.05, 0) is 48.7 Å². The lowest BCUT2D eigenvalue weighted by atomic mass is 10.0. The topological polar surface area (TPSA) is 175 Å². The van der Waals surface area contributed by atoms with E-state index < -0.39 is 48.4 Å². The summed E-state index contributed by atoms with van der Waals surface area (Å²) in [6.45, 7) is 0.644. The van der Waals surface area contributed by atoms with E-state index in [1.807, 2.05) is 0 Å². The smallest absolute Gasteiger partial charge is 0.339 e. The van der Waals surface area contributed by atoms with Crippen molar-refractivity contribution in [2.24, 2.45) is 0 Å². The molecule has 0 aliphatic heterocycles. The Kier molecular flexibility index (Phi) is 9.44. The highest BCUT2D eigenvalue weighted by Gasteiger charge is 2.23. The second kappa shape index (κ2) is 12.7. The number of benzene rings is 2. The van der Waals surface area contributed by atoms with Crippen LogP contribution in [0.1, 0.15) is 23.1 Å². The van der Waals surface area contributed by atoms with Crippen LogP contribution in [0.15, 0.2) is 51.7 Å². The van der Waals surface area contributed by atoms with Crippen LogP contribution in [0.5, 0.6) is 5.75 Å². The molecule has 11 nitrogen and oxygen atoms in total. The zero-order chi connectivity index (χ0) is 27.8. The third-order valence-corrected chi connectivity index (χ3v) is 5.99. The molecule has 1 aromatic heterocycles. The predicted octanol–water partition coefficient (Wildman–Crippen LogP) is 1.44. The first-order valence-electron chi connectivity index (χ1n) is 11.6. The normalized spacial score (nSPS) is 11.5. The first-order valence-corrected chi connectivity index (χ1v) is 12.0. The van der Waals surface area contributed by atoms with Crippen molar-refractivity contribution in [1.82, 2.24) is 16.0 Å². The summed E-state index contributed by atoms with van der Waals surface area (Å²) >= 11 is 5.92. The van der Waals surface area contributed by atoms with Crippen LogP contribution in [0, 0.1) is 6.92 Å². The molecular formula is C26H26ClN3O8. The van der Waals surface area contributed by atoms with Crippen LogP contribution in [-0.2, 0) is 32.0 Å². The van der Waals surface area contributed by atoms with Crippen LogP contribution in [-0.4, -0.2) is 53.0 Å². The number of rotatable bonds is 11. The van der Waals surface area contributed by atoms with E-state index in [2.05, 4.69) is 16.0 Å². The molecule has 1 atom stereocenters. The summed E-state index contributed by atoms with van der Waals surface area (Å²) in [5.74, 6) is -3.15. The number of aliphatic carboxylic acids is 1. The molecule has 3 rings (SSSR count). The molecule has 0 bridgehead atoms. The molecule has 0 saturated carbocycles. The van der Waals surface area contributed by atoms with E-state index in [0.717, 1.165) is 0 Å². The van der Waals surface area contributed by atoms with Crippen LogP contribution >= 0.6 is 11.6 Å². The molecule has 0 radical (unpaired) electrons. The molecule has 0 fully saturated rings. The molecule has 2 aromatic carbocycles. The highest BCUT2D eigenvalue weighted by molar-refractivity contribution is 6.30. The summed E-state index contributed by atoms with van der Waals surface area (Å²) in [6.07, 6.45) is 0.00843. The third-order valence-electron chi connectivity index (χ3n) is 5.74. The number of carboxylic acids is 1. The minimum atomic E-state index is -1.23. The number of phenolic OH excluding ortho intramolecular Hbond substituents is 1. The number of amides is 3. The fraction of sp³-hybridized carbons (Fsp3) is 0.269. The number of phenols is 1. The van der Waals surface area contributed by atoms with Crippen LogP contribution in [0.4, 0.5) is 0 Å². The summed E-state index contributed by atoms with van der Waals surface area (Å²) in [4.78, 5) is 60.5. The number of aryl methyl sites for hydroxylation is 1. The second-order valence-corrected chi connectivity index (χ2v) is 8.95. The van der Waals surface area contributed by atoms with Gasteiger partial charge in [-0.15, -0.1) is 0 Å². The van der Waals surface area contributed by atoms with Gasteiger partial charge in [0.2, 0.25) is 17.7 Å². The Morgan fingerprint density at radius 1 is 1.00 bits per heavy atom. The molecule has 0 aliphatic rings. The minimum Gasteiger partial charge on any atom is -0.508 e. The molecule has 5 N–H and O–H groups in total. The van der Waals surface area contributed by atoms with Gasteiger partial charge >= 0.3 is 11.6 Å². The van der Waals surface area contributed by atoms with E-state index in [1.165, 1.54) is 12.1 Å². The zero-order valence-corrected chi connectivity index (χ0v) is 21.1. The van der Waals surface area contributed by atoms with Gasteiger partial charge in [-0.2, -0.15) is 0 Å². The maximum Gasteiger partial charge on any atom is 0.339 e. The maximum absolute atomic E-state index is 12.8. The first-order chi connectivity index (χ1) is 18.0. The van der Waals surface area contributed by atoms with Gasteiger partial charge in [0.15, 0.2) is 0 Å². The van der Waals surface area contributed by atoms with Crippen molar-refractivity contribution in [1.29, 1.82) is 0 Å². The fourth-order valence-electron chi connectivity index (χ4n) is 3.77. The van der Waals surface area contributed by atoms with Crippen molar-refractivity contribution in [3.8, 4) is 5.75 Å². The number of halogens is 1. The molecule has 38 heavy (non-hydrogen) atoms. The molecule has 1 heterocycles. The average molecular weight is 544 g/mol. The Bertz CT molecular complexity index is 1420. The summed E-state index contributed by atoms with van der Waals surface area (Å²) in [7, 11) is 0. The van der Waals surface area contributed by atoms with Crippen LogP contribution in [0.3, 0.4) is 0 Å². The van der Waals surface area contributed by atoms with Gasteiger partial charge in [0.1, 0.15) is 23.9 Å². The standard InChI is InChI=1S/C26H26ClN3O8/c1-14-18-7-6-17(31)11-21(18)38-26(37)19(14)8-9-22(32)30-20(10-15-2-4-16(27)5-3-15)25(36)29-12-23(33)28-13-24(34)35/h2-7,11,20,31H,8-10,12-13H2,1H3,(H,28,33)(H,29,36)(H,30,32)(H,34,35)/t20-/m1/s1. The number of carbonyl (C=O) groups is 4. The molecule has 200 valence electrons. The third kappa shape index (κ3) is 7.81. The summed E-state index contributed by atoms with van der Waals surface area (Å²) in [6, 6.07) is 10.0. The van der Waals surface area contributed by atoms with Gasteiger partial charge < -0.3 is 30.6 Å². The number of nitrogens with one attached hydrogen (secondary N) is 3. The number of hydrogen-bond donors (Lipinski definition) is 5. The molecule has 3 amide bonds. The largest absolute Gasteiger partial charge is 0.508 e. The zero-order valence-electron chi connectivity index (χ0n) is 20.4. The van der Waals surface area contributed by atoms with Crippen LogP contribution in [0.2, 0.25) is 5.02 Å². The van der Waals surface area contributed by atoms with E-state index in [4.69, 9.17) is 21.1 Å². The highest BCUT2D eigenvalue weighted by atomic mass is 35.5. The predicted molar refractivity (Wildman–Crippen MR) is 138 cm³/mol. The van der Waals surface area contributed by atoms with Gasteiger partial charge in [0.25, 0.3) is 0 Å². The van der Waals surface area contributed by atoms with Crippen molar-refractivity contribution >= 4 is 46.3 Å². The van der Waals surface area contributed by atoms with E-state index in [0.29, 0.717) is 27.1 Å². The number of carbonyl (C=O) groups excluding carboxylic acids is 3. The Morgan fingerprint density at radius 2 is 1.71 bits per heavy atom. The lowest BCUT2D eigenvalue weighted by Crippen LogP contribution is -2.50. The van der Waals surface area contributed by atoms with Crippen molar-refractivity contribution in [3.63, 3.8) is 0 Å². The molecule has 12 heteroatoms. The summed E-state index contributed by atoms with van der Waals surface area (Å²) in [5, 5.41) is 26.5. The minimum absolute atomic E-state index is 0.0449. The van der Waals surface area contributed by atoms with Crippen molar-refractivity contribution in [2.75, 3.05) is 13.1 Å². The molecule has 0 spiro atoms. The quantitative estimate of drug-likeness (QED) is 0.226. The number of hydrogen-bond acceptors (Lipinski definition) is 7. The number of fused-ring (bicyclic) bond motifs is 1. The van der Waals surface area contributed by atoms with E-state index in [9.17, 15) is 29.1 Å². The number of carboxylic acid groups (broad SMARTS) is 1. The lowest BCUT2D eigenvalue weighted by molar-refractivity contribution is -0.138. The monoisotopic (exact) mass is 543 g/mol. The van der Waals surface area contributed by atoms with E-state index in [1.54, 1.807) is 37.3 Å². The number of aromatic hydroxyl groups is 1. The molecular weight excluding hydrogens is 518 g/mol. The Morgan fingerprint density at radius 3 is 2.39 bits per heavy atom. The van der Waals surface area contributed by atoms with Gasteiger partial charge in [0.05, 0.1) is 6.54 Å². The lowest BCUT2D eigenvalue weighted by Gasteiger charge is -2.19. The first kappa shape index (κ1) is 28.2. The summed E-state index contributed by atoms with van der Waals surface area (Å²) in [5.41, 5.74) is 1.21. The van der Waals surface area contributed by atoms with Gasteiger partial charge in [-0.3, -0.25) is 19.2 Å². The fourth-order valence-corrected chi connectivity index (χ4v) is 3.90. The van der Waals surface area contributed by atoms with Crippen LogP contribution < -0.4 is 21.6 Å². The van der Waals surface area contributed by atoms with Crippen molar-refractivity contribution in [3.05, 3.63) is 74.6 Å². The molecule has 0 aliphatic carbocycles.